The summed E-state index contributed by atoms with van der Waals surface area (Å²) < 4.78 is 40.2. The zero-order chi connectivity index (χ0) is 47.3. The fourth-order valence-corrected chi connectivity index (χ4v) is 7.44. The maximum atomic E-state index is 12.7. The van der Waals surface area contributed by atoms with E-state index in [1.54, 1.807) is 0 Å². The molecule has 0 fully saturated rings. The number of likely N-dealkylation sites (N-methyl/N-ethyl adjacent to an activating group) is 1. The van der Waals surface area contributed by atoms with E-state index >= 15 is 0 Å². The summed E-state index contributed by atoms with van der Waals surface area (Å²) in [6.07, 6.45) is 39.9. The van der Waals surface area contributed by atoms with Crippen molar-refractivity contribution in [2.45, 2.75) is 188 Å². The summed E-state index contributed by atoms with van der Waals surface area (Å²) in [7, 11) is 1.08. The Balaban J connectivity index is 2.35. The Labute approximate surface area is 388 Å². The van der Waals surface area contributed by atoms with E-state index in [0.717, 1.165) is 51.4 Å². The van der Waals surface area contributed by atoms with E-state index in [1.807, 2.05) is 76.7 Å². The standard InChI is InChI=1S/C52H88NO10P/c1-8-10-30-37-49-45(3)46(4)50(63-49)38-32-27-23-19-16-17-20-24-28-33-39-51(55)59-43-48(44-61-64(57,58)60-42-41-53(5,6)7)62-52(56)40-34-29-25-21-15-13-12-14-18-22-26-31-36-47(54)35-11-9-2/h11-13,18,21-22,25-26,31,35,47-48,54H,8-10,14-17,19-20,23-24,27-30,32-34,36-44H2,1-7H3/b13-12-,22-18-,25-21-,31-26+,35-11-/t47?,48-/m1/s1. The van der Waals surface area contributed by atoms with Gasteiger partial charge in [-0.2, -0.15) is 0 Å². The summed E-state index contributed by atoms with van der Waals surface area (Å²) in [5.41, 5.74) is 2.68. The van der Waals surface area contributed by atoms with Gasteiger partial charge in [-0.15, -0.1) is 0 Å². The second-order valence-corrected chi connectivity index (χ2v) is 19.3. The normalized spacial score (nSPS) is 14.5. The second kappa shape index (κ2) is 37.1. The molecule has 0 saturated heterocycles. The van der Waals surface area contributed by atoms with Gasteiger partial charge < -0.3 is 37.4 Å². The van der Waals surface area contributed by atoms with Crippen molar-refractivity contribution in [1.29, 1.82) is 0 Å². The Bertz CT molecular complexity index is 1570. The van der Waals surface area contributed by atoms with Crippen LogP contribution in [0.1, 0.15) is 171 Å². The summed E-state index contributed by atoms with van der Waals surface area (Å²) in [5.74, 6) is 1.42. The quantitative estimate of drug-likeness (QED) is 0.0169. The molecule has 0 aliphatic rings. The molecule has 2 unspecified atom stereocenters. The van der Waals surface area contributed by atoms with Gasteiger partial charge in [0.25, 0.3) is 7.82 Å². The van der Waals surface area contributed by atoms with E-state index < -0.39 is 38.6 Å². The number of hydrogen-bond acceptors (Lipinski definition) is 10. The fourth-order valence-electron chi connectivity index (χ4n) is 6.71. The first-order valence-corrected chi connectivity index (χ1v) is 25.9. The topological polar surface area (TPSA) is 145 Å². The van der Waals surface area contributed by atoms with Crippen LogP contribution in [-0.2, 0) is 45.5 Å². The fraction of sp³-hybridized carbons (Fsp3) is 0.692. The molecule has 64 heavy (non-hydrogen) atoms. The van der Waals surface area contributed by atoms with Gasteiger partial charge in [-0.1, -0.05) is 139 Å². The molecule has 11 nitrogen and oxygen atoms in total. The molecule has 1 N–H and O–H groups in total. The summed E-state index contributed by atoms with van der Waals surface area (Å²) in [5, 5.41) is 9.79. The van der Waals surface area contributed by atoms with Crippen molar-refractivity contribution in [3.8, 4) is 0 Å². The number of aliphatic hydroxyl groups excluding tert-OH is 1. The molecule has 366 valence electrons. The van der Waals surface area contributed by atoms with Gasteiger partial charge >= 0.3 is 11.9 Å². The number of aryl methyl sites for hydroxylation is 2. The van der Waals surface area contributed by atoms with Gasteiger partial charge in [0.2, 0.25) is 0 Å². The molecular weight excluding hydrogens is 830 g/mol. The summed E-state index contributed by atoms with van der Waals surface area (Å²) >= 11 is 0. The third-order valence-corrected chi connectivity index (χ3v) is 11.8. The Morgan fingerprint density at radius 1 is 0.703 bits per heavy atom. The van der Waals surface area contributed by atoms with E-state index in [2.05, 4.69) is 32.9 Å². The Hall–Kier alpha value is -3.05. The number of hydrogen-bond donors (Lipinski definition) is 1. The lowest BCUT2D eigenvalue weighted by atomic mass is 10.0. The zero-order valence-corrected chi connectivity index (χ0v) is 41.9. The van der Waals surface area contributed by atoms with Crippen LogP contribution in [0, 0.1) is 13.8 Å². The Morgan fingerprint density at radius 2 is 1.27 bits per heavy atom. The van der Waals surface area contributed by atoms with Crippen LogP contribution in [-0.4, -0.2) is 81.2 Å². The number of esters is 2. The largest absolute Gasteiger partial charge is 0.756 e. The minimum Gasteiger partial charge on any atom is -0.756 e. The van der Waals surface area contributed by atoms with Gasteiger partial charge in [-0.3, -0.25) is 14.2 Å². The number of aliphatic hydroxyl groups is 1. The molecule has 0 aliphatic heterocycles. The molecule has 1 aromatic heterocycles. The first-order valence-electron chi connectivity index (χ1n) is 24.5. The predicted octanol–water partition coefficient (Wildman–Crippen LogP) is 12.0. The van der Waals surface area contributed by atoms with Crippen molar-refractivity contribution >= 4 is 19.8 Å². The van der Waals surface area contributed by atoms with E-state index in [1.165, 1.54) is 80.4 Å². The number of rotatable bonds is 40. The first kappa shape index (κ1) is 59.0. The molecule has 0 amide bonds. The van der Waals surface area contributed by atoms with Crippen LogP contribution in [0.4, 0.5) is 0 Å². The highest BCUT2D eigenvalue weighted by atomic mass is 31.2. The lowest BCUT2D eigenvalue weighted by Crippen LogP contribution is -2.37. The smallest absolute Gasteiger partial charge is 0.306 e. The van der Waals surface area contributed by atoms with Crippen LogP contribution in [0.5, 0.6) is 0 Å². The van der Waals surface area contributed by atoms with Crippen molar-refractivity contribution in [2.75, 3.05) is 47.5 Å². The molecule has 0 spiro atoms. The zero-order valence-electron chi connectivity index (χ0n) is 41.0. The Kier molecular flexibility index (Phi) is 34.2. The number of allylic oxidation sites excluding steroid dienone is 8. The highest BCUT2D eigenvalue weighted by molar-refractivity contribution is 7.45. The summed E-state index contributed by atoms with van der Waals surface area (Å²) in [4.78, 5) is 37.7. The molecule has 1 aromatic rings. The van der Waals surface area contributed by atoms with Crippen LogP contribution in [0.3, 0.4) is 0 Å². The van der Waals surface area contributed by atoms with Crippen molar-refractivity contribution in [3.63, 3.8) is 0 Å². The molecular formula is C52H88NO10P. The van der Waals surface area contributed by atoms with Gasteiger partial charge in [-0.25, -0.2) is 0 Å². The van der Waals surface area contributed by atoms with Crippen LogP contribution in [0.2, 0.25) is 0 Å². The molecule has 12 heteroatoms. The molecule has 0 aliphatic carbocycles. The average molecular weight is 918 g/mol. The van der Waals surface area contributed by atoms with Gasteiger partial charge in [0, 0.05) is 25.7 Å². The molecule has 0 saturated carbocycles. The second-order valence-electron chi connectivity index (χ2n) is 17.9. The molecule has 0 radical (unpaired) electrons. The summed E-state index contributed by atoms with van der Waals surface area (Å²) in [6, 6.07) is 0. The number of ether oxygens (including phenoxy) is 2. The number of unbranched alkanes of at least 4 members (excludes halogenated alkanes) is 12. The number of furan rings is 1. The van der Waals surface area contributed by atoms with Gasteiger partial charge in [0.15, 0.2) is 6.10 Å². The molecule has 0 bridgehead atoms. The van der Waals surface area contributed by atoms with Crippen molar-refractivity contribution in [1.82, 2.24) is 0 Å². The minimum atomic E-state index is -4.67. The highest BCUT2D eigenvalue weighted by Crippen LogP contribution is 2.38. The number of carbonyl (C=O) groups excluding carboxylic acids is 2. The molecule has 3 atom stereocenters. The minimum absolute atomic E-state index is 0.0571. The lowest BCUT2D eigenvalue weighted by Gasteiger charge is -2.28. The van der Waals surface area contributed by atoms with E-state index in [-0.39, 0.29) is 26.1 Å². The third kappa shape index (κ3) is 33.4. The van der Waals surface area contributed by atoms with Crippen LogP contribution in [0.25, 0.3) is 0 Å². The predicted molar refractivity (Wildman–Crippen MR) is 259 cm³/mol. The lowest BCUT2D eigenvalue weighted by molar-refractivity contribution is -0.870. The first-order chi connectivity index (χ1) is 30.7. The van der Waals surface area contributed by atoms with Crippen molar-refractivity contribution < 1.29 is 51.6 Å². The van der Waals surface area contributed by atoms with Crippen LogP contribution < -0.4 is 4.89 Å². The van der Waals surface area contributed by atoms with E-state index in [4.69, 9.17) is 22.9 Å². The van der Waals surface area contributed by atoms with Crippen LogP contribution >= 0.6 is 7.82 Å². The summed E-state index contributed by atoms with van der Waals surface area (Å²) in [6.45, 7) is 8.24. The maximum Gasteiger partial charge on any atom is 0.306 e. The number of carbonyl (C=O) groups is 2. The van der Waals surface area contributed by atoms with E-state index in [9.17, 15) is 24.2 Å². The van der Waals surface area contributed by atoms with Gasteiger partial charge in [0.1, 0.15) is 31.3 Å². The number of phosphoric ester groups is 1. The SMILES string of the molecule is CC/C=C\C(O)C/C=C/C=C\C/C=C\C/C=C\CCCC(=O)O[C@H](COC(=O)CCCCCCCCCCCCc1oc(CCCCC)c(C)c1C)COP(=O)([O-])OCC[N+](C)(C)C. The average Bonchev–Trinajstić information content (AvgIpc) is 3.51. The molecule has 0 aromatic carbocycles. The van der Waals surface area contributed by atoms with Gasteiger partial charge in [-0.05, 0) is 82.8 Å². The maximum absolute atomic E-state index is 12.7. The molecule has 1 heterocycles. The number of phosphoric acid groups is 1. The van der Waals surface area contributed by atoms with Crippen molar-refractivity contribution in [2.24, 2.45) is 0 Å². The van der Waals surface area contributed by atoms with Crippen LogP contribution in [0.15, 0.2) is 65.2 Å². The third-order valence-electron chi connectivity index (χ3n) is 10.8. The Morgan fingerprint density at radius 3 is 1.89 bits per heavy atom. The van der Waals surface area contributed by atoms with Gasteiger partial charge in [0.05, 0.1) is 33.9 Å². The highest BCUT2D eigenvalue weighted by Gasteiger charge is 2.22. The van der Waals surface area contributed by atoms with Crippen molar-refractivity contribution in [3.05, 3.63) is 83.4 Å². The number of nitrogens with zero attached hydrogens (tertiary/aromatic N) is 1. The molecule has 1 rings (SSSR count). The monoisotopic (exact) mass is 918 g/mol. The van der Waals surface area contributed by atoms with E-state index in [0.29, 0.717) is 36.7 Å². The number of quaternary nitrogens is 1.